The second-order valence-corrected chi connectivity index (χ2v) is 21.7. The molecule has 0 bridgehead atoms. The van der Waals surface area contributed by atoms with Crippen LogP contribution in [0.25, 0.3) is 10.9 Å². The first-order valence-corrected chi connectivity index (χ1v) is 22.7. The molecule has 1 spiro atoms. The fourth-order valence-electron chi connectivity index (χ4n) is 8.71. The molecule has 2 saturated carbocycles. The number of methoxy groups -OCH3 is 1. The predicted molar refractivity (Wildman–Crippen MR) is 222 cm³/mol. The Labute approximate surface area is 348 Å². The number of pyridine rings is 1. The lowest BCUT2D eigenvalue weighted by molar-refractivity contribution is -0.141. The molecule has 1 aromatic heterocycles. The summed E-state index contributed by atoms with van der Waals surface area (Å²) in [6, 6.07) is 3.65. The first-order valence-electron chi connectivity index (χ1n) is 21.2. The van der Waals surface area contributed by atoms with Crippen molar-refractivity contribution in [1.82, 2.24) is 25.2 Å². The van der Waals surface area contributed by atoms with Crippen molar-refractivity contribution in [3.63, 3.8) is 0 Å². The van der Waals surface area contributed by atoms with E-state index < -0.39 is 67.7 Å². The molecule has 1 aromatic carbocycles. The second kappa shape index (κ2) is 15.6. The van der Waals surface area contributed by atoms with Gasteiger partial charge in [-0.15, -0.1) is 0 Å². The zero-order chi connectivity index (χ0) is 42.7. The molecule has 1 unspecified atom stereocenters. The minimum atomic E-state index is -4.00. The highest BCUT2D eigenvalue weighted by molar-refractivity contribution is 7.91. The van der Waals surface area contributed by atoms with Crippen LogP contribution in [0.5, 0.6) is 11.5 Å². The number of aromatic nitrogens is 1. The average Bonchev–Trinajstić information content (AvgIpc) is 4.07. The van der Waals surface area contributed by atoms with E-state index in [4.69, 9.17) is 19.2 Å². The first kappa shape index (κ1) is 42.7. The number of sulfonamides is 1. The van der Waals surface area contributed by atoms with Crippen molar-refractivity contribution >= 4 is 44.7 Å². The maximum atomic E-state index is 15.0. The van der Waals surface area contributed by atoms with Crippen LogP contribution in [0.2, 0.25) is 0 Å². The van der Waals surface area contributed by atoms with Crippen LogP contribution in [0.4, 0.5) is 4.79 Å². The number of nitrogens with zero attached hydrogens (tertiary/aromatic N) is 2. The van der Waals surface area contributed by atoms with E-state index in [-0.39, 0.29) is 43.2 Å². The molecule has 5 aliphatic rings. The van der Waals surface area contributed by atoms with Crippen molar-refractivity contribution in [2.75, 3.05) is 20.3 Å². The lowest BCUT2D eigenvalue weighted by Crippen LogP contribution is -2.58. The molecule has 1 saturated heterocycles. The van der Waals surface area contributed by atoms with E-state index in [2.05, 4.69) is 22.3 Å². The van der Waals surface area contributed by atoms with Crippen molar-refractivity contribution in [2.24, 2.45) is 17.3 Å². The Morgan fingerprint density at radius 3 is 2.53 bits per heavy atom. The van der Waals surface area contributed by atoms with Crippen LogP contribution < -0.4 is 24.8 Å². The minimum Gasteiger partial charge on any atom is -0.497 e. The summed E-state index contributed by atoms with van der Waals surface area (Å²) in [5, 5.41) is 6.72. The van der Waals surface area contributed by atoms with Gasteiger partial charge in [0, 0.05) is 23.3 Å². The number of nitrogens with one attached hydrogen (secondary N) is 3. The molecule has 4 heterocycles. The third kappa shape index (κ3) is 8.63. The number of aryl methyl sites for hydroxylation is 1. The van der Waals surface area contributed by atoms with Crippen molar-refractivity contribution in [3.05, 3.63) is 41.6 Å². The van der Waals surface area contributed by atoms with Gasteiger partial charge in [0.05, 0.1) is 36.2 Å². The molecule has 2 aromatic rings. The van der Waals surface area contributed by atoms with Crippen molar-refractivity contribution < 1.29 is 41.8 Å². The highest BCUT2D eigenvalue weighted by atomic mass is 32.2. The maximum absolute atomic E-state index is 15.0. The molecule has 3 aliphatic heterocycles. The Bertz CT molecular complexity index is 2160. The molecule has 59 heavy (non-hydrogen) atoms. The third-order valence-electron chi connectivity index (χ3n) is 12.9. The molecular weight excluding hydrogens is 775 g/mol. The van der Waals surface area contributed by atoms with Crippen molar-refractivity contribution in [2.45, 2.75) is 147 Å². The van der Waals surface area contributed by atoms with Gasteiger partial charge >= 0.3 is 6.09 Å². The molecular formula is C44H61N5O9S. The summed E-state index contributed by atoms with van der Waals surface area (Å²) in [4.78, 5) is 63.7. The SMILES string of the molecule is COc1ccc2nc(C(C)C)c3c(c2c1)CC[C@]1(C[C@H]2C(=O)N[C@]4(C(=O)NS(=O)(=O)C5(C)CC5)C[C@H]4/C=C\CCC(C)CC[C@H](NC(=O)OCC(C)(C)C)C(=O)N2C1)O3. The molecule has 6 atom stereocenters. The molecule has 4 amide bonds. The van der Waals surface area contributed by atoms with E-state index >= 15 is 0 Å². The number of hydrogen-bond acceptors (Lipinski definition) is 10. The van der Waals surface area contributed by atoms with Gasteiger partial charge in [0.2, 0.25) is 21.8 Å². The Balaban J connectivity index is 1.26. The lowest BCUT2D eigenvalue weighted by atomic mass is 9.86. The number of fused-ring (bicyclic) bond motifs is 5. The lowest BCUT2D eigenvalue weighted by Gasteiger charge is -2.37. The van der Waals surface area contributed by atoms with Crippen LogP contribution in [0, 0.1) is 17.3 Å². The van der Waals surface area contributed by atoms with Gasteiger partial charge in [-0.3, -0.25) is 19.1 Å². The zero-order valence-electron chi connectivity index (χ0n) is 35.7. The van der Waals surface area contributed by atoms with Crippen molar-refractivity contribution in [3.8, 4) is 11.5 Å². The summed E-state index contributed by atoms with van der Waals surface area (Å²) in [7, 11) is -2.39. The Morgan fingerprint density at radius 1 is 1.10 bits per heavy atom. The number of carbonyl (C=O) groups excluding carboxylic acids is 4. The monoisotopic (exact) mass is 835 g/mol. The second-order valence-electron chi connectivity index (χ2n) is 19.5. The standard InChI is InChI=1S/C44H61N5O9S/c1-26(2)35-36-30(31-21-29(56-8)14-16-32(31)45-35)17-18-43(58-36)23-34-37(50)47-44(39(52)48-59(54,55)42(7)19-20-42)22-28(44)12-10-9-11-27(3)13-15-33(38(51)49(34)24-43)46-40(53)57-25-41(4,5)6/h10,12,14,16,21,26-28,33-34H,9,11,13,15,17-20,22-25H2,1-8H3,(H,46,53)(H,47,50)(H,48,52)/b12-10-/t27?,28-,33+,34+,43-,44-/m1/s1. The van der Waals surface area contributed by atoms with Crippen LogP contribution in [0.15, 0.2) is 30.4 Å². The summed E-state index contributed by atoms with van der Waals surface area (Å²) in [6.45, 7) is 13.8. The normalized spacial score (nSPS) is 29.8. The molecule has 15 heteroatoms. The molecule has 3 fully saturated rings. The molecule has 14 nitrogen and oxygen atoms in total. The number of amides is 4. The van der Waals surface area contributed by atoms with Gasteiger partial charge in [-0.2, -0.15) is 0 Å². The number of carbonyl (C=O) groups is 4. The molecule has 2 aliphatic carbocycles. The molecule has 0 radical (unpaired) electrons. The quantitative estimate of drug-likeness (QED) is 0.288. The Kier molecular flexibility index (Phi) is 11.3. The number of hydrogen-bond donors (Lipinski definition) is 3. The van der Waals surface area contributed by atoms with Gasteiger partial charge in [0.25, 0.3) is 5.91 Å². The largest absolute Gasteiger partial charge is 0.497 e. The topological polar surface area (TPSA) is 182 Å². The molecule has 7 rings (SSSR count). The van der Waals surface area contributed by atoms with Gasteiger partial charge in [0.1, 0.15) is 34.7 Å². The van der Waals surface area contributed by atoms with Crippen LogP contribution in [0.1, 0.15) is 123 Å². The van der Waals surface area contributed by atoms with Gasteiger partial charge in [-0.05, 0) is 100 Å². The van der Waals surface area contributed by atoms with E-state index in [1.54, 1.807) is 14.0 Å². The summed E-state index contributed by atoms with van der Waals surface area (Å²) in [6.07, 6.45) is 7.80. The fourth-order valence-corrected chi connectivity index (χ4v) is 10.0. The molecule has 322 valence electrons. The van der Waals surface area contributed by atoms with Gasteiger partial charge in [-0.1, -0.05) is 53.7 Å². The van der Waals surface area contributed by atoms with Crippen LogP contribution in [0.3, 0.4) is 0 Å². The zero-order valence-corrected chi connectivity index (χ0v) is 36.6. The molecule has 3 N–H and O–H groups in total. The summed E-state index contributed by atoms with van der Waals surface area (Å²) in [5.41, 5.74) is -0.280. The maximum Gasteiger partial charge on any atom is 0.407 e. The van der Waals surface area contributed by atoms with E-state index in [1.807, 2.05) is 65.0 Å². The number of rotatable bonds is 7. The highest BCUT2D eigenvalue weighted by Gasteiger charge is 2.64. The summed E-state index contributed by atoms with van der Waals surface area (Å²) in [5.74, 6) is -0.786. The van der Waals surface area contributed by atoms with E-state index in [9.17, 15) is 27.6 Å². The van der Waals surface area contributed by atoms with E-state index in [0.717, 1.165) is 28.6 Å². The number of ether oxygens (including phenoxy) is 3. The van der Waals surface area contributed by atoms with Crippen LogP contribution in [-0.4, -0.2) is 90.3 Å². The minimum absolute atomic E-state index is 0.00993. The van der Waals surface area contributed by atoms with Gasteiger partial charge in [-0.25, -0.2) is 18.2 Å². The van der Waals surface area contributed by atoms with Crippen LogP contribution >= 0.6 is 0 Å². The van der Waals surface area contributed by atoms with Crippen molar-refractivity contribution in [1.29, 1.82) is 0 Å². The predicted octanol–water partition coefficient (Wildman–Crippen LogP) is 5.81. The highest BCUT2D eigenvalue weighted by Crippen LogP contribution is 2.49. The fraction of sp³-hybridized carbons (Fsp3) is 0.659. The van der Waals surface area contributed by atoms with Gasteiger partial charge in [0.15, 0.2) is 0 Å². The van der Waals surface area contributed by atoms with Gasteiger partial charge < -0.3 is 29.7 Å². The number of alkyl carbamates (subject to hydrolysis) is 1. The van der Waals surface area contributed by atoms with E-state index in [1.165, 1.54) is 4.90 Å². The number of benzene rings is 1. The Hall–Kier alpha value is -4.40. The smallest absolute Gasteiger partial charge is 0.407 e. The first-order chi connectivity index (χ1) is 27.7. The Morgan fingerprint density at radius 2 is 1.85 bits per heavy atom. The number of allylic oxidation sites excluding steroid dienone is 1. The summed E-state index contributed by atoms with van der Waals surface area (Å²) < 4.78 is 46.1. The third-order valence-corrected chi connectivity index (χ3v) is 15.1. The van der Waals surface area contributed by atoms with E-state index in [0.29, 0.717) is 56.4 Å². The summed E-state index contributed by atoms with van der Waals surface area (Å²) >= 11 is 0. The average molecular weight is 836 g/mol. The van der Waals surface area contributed by atoms with Crippen LogP contribution in [-0.2, 0) is 35.6 Å².